The van der Waals surface area contributed by atoms with Gasteiger partial charge in [0.25, 0.3) is 10.0 Å². The van der Waals surface area contributed by atoms with Gasteiger partial charge in [-0.3, -0.25) is 14.9 Å². The van der Waals surface area contributed by atoms with Gasteiger partial charge in [0.1, 0.15) is 0 Å². The minimum Gasteiger partial charge on any atom is -0.463 e. The van der Waals surface area contributed by atoms with Crippen molar-refractivity contribution in [2.45, 2.75) is 18.7 Å². The first-order valence-electron chi connectivity index (χ1n) is 7.24. The predicted octanol–water partition coefficient (Wildman–Crippen LogP) is 0.444. The summed E-state index contributed by atoms with van der Waals surface area (Å²) >= 11 is 4.94. The van der Waals surface area contributed by atoms with E-state index in [1.165, 1.54) is 24.3 Å². The second-order valence-corrected chi connectivity index (χ2v) is 6.81. The van der Waals surface area contributed by atoms with Gasteiger partial charge >= 0.3 is 5.97 Å². The summed E-state index contributed by atoms with van der Waals surface area (Å²) in [5, 5.41) is 4.93. The third-order valence-electron chi connectivity index (χ3n) is 2.59. The monoisotopic (exact) mass is 399 g/mol. The van der Waals surface area contributed by atoms with Crippen molar-refractivity contribution in [2.24, 2.45) is 0 Å². The van der Waals surface area contributed by atoms with Gasteiger partial charge in [-0.05, 0) is 43.4 Å². The molecule has 1 aromatic rings. The molecule has 1 aromatic carbocycles. The Balaban J connectivity index is 2.64. The lowest BCUT2D eigenvalue weighted by Crippen LogP contribution is -2.33. The van der Waals surface area contributed by atoms with Crippen molar-refractivity contribution in [2.75, 3.05) is 11.9 Å². The zero-order chi connectivity index (χ0) is 19.7. The maximum Gasteiger partial charge on any atom is 0.330 e. The average molecular weight is 399 g/mol. The number of esters is 1. The van der Waals surface area contributed by atoms with E-state index < -0.39 is 27.8 Å². The number of ether oxygens (including phenoxy) is 1. The third-order valence-corrected chi connectivity index (χ3v) is 4.25. The normalized spacial score (nSPS) is 10.8. The van der Waals surface area contributed by atoms with E-state index in [2.05, 4.69) is 15.4 Å². The topological polar surface area (TPSA) is 131 Å². The Hall–Kier alpha value is -2.79. The molecule has 0 bridgehead atoms. The number of carbonyl (C=O) groups excluding carboxylic acids is 3. The van der Waals surface area contributed by atoms with Crippen LogP contribution in [-0.4, -0.2) is 37.9 Å². The largest absolute Gasteiger partial charge is 0.463 e. The quantitative estimate of drug-likeness (QED) is 0.357. The second kappa shape index (κ2) is 9.63. The van der Waals surface area contributed by atoms with Crippen LogP contribution in [0.5, 0.6) is 0 Å². The van der Waals surface area contributed by atoms with Gasteiger partial charge < -0.3 is 10.1 Å². The highest BCUT2D eigenvalue weighted by Gasteiger charge is 2.15. The van der Waals surface area contributed by atoms with E-state index in [4.69, 9.17) is 12.2 Å². The molecule has 11 heteroatoms. The number of rotatable bonds is 6. The fraction of sp³-hybridized carbons (Fsp3) is 0.200. The summed E-state index contributed by atoms with van der Waals surface area (Å²) < 4.78 is 30.1. The summed E-state index contributed by atoms with van der Waals surface area (Å²) in [6.45, 7) is 2.92. The zero-order valence-electron chi connectivity index (χ0n) is 13.9. The highest BCUT2D eigenvalue weighted by Crippen LogP contribution is 2.13. The van der Waals surface area contributed by atoms with Gasteiger partial charge in [0.2, 0.25) is 11.8 Å². The number of nitrogens with one attached hydrogen (secondary N) is 3. The summed E-state index contributed by atoms with van der Waals surface area (Å²) in [5.74, 6) is -2.00. The van der Waals surface area contributed by atoms with Crippen LogP contribution in [0, 0.1) is 0 Å². The molecular weight excluding hydrogens is 382 g/mol. The summed E-state index contributed by atoms with van der Waals surface area (Å²) in [6, 6.07) is 5.33. The number of amides is 2. The number of hydrogen-bond donors (Lipinski definition) is 3. The molecule has 0 unspecified atom stereocenters. The van der Waals surface area contributed by atoms with E-state index in [-0.39, 0.29) is 16.6 Å². The van der Waals surface area contributed by atoms with E-state index >= 15 is 0 Å². The summed E-state index contributed by atoms with van der Waals surface area (Å²) in [7, 11) is -3.93. The number of carbonyl (C=O) groups is 3. The molecule has 0 aliphatic heterocycles. The fourth-order valence-corrected chi connectivity index (χ4v) is 2.82. The zero-order valence-corrected chi connectivity index (χ0v) is 15.6. The maximum atomic E-state index is 11.8. The van der Waals surface area contributed by atoms with Crippen molar-refractivity contribution in [1.82, 2.24) is 10.0 Å². The van der Waals surface area contributed by atoms with Crippen LogP contribution in [0.2, 0.25) is 0 Å². The lowest BCUT2D eigenvalue weighted by molar-refractivity contribution is -0.137. The van der Waals surface area contributed by atoms with Gasteiger partial charge in [0.15, 0.2) is 5.11 Å². The molecule has 3 N–H and O–H groups in total. The van der Waals surface area contributed by atoms with Crippen LogP contribution in [0.3, 0.4) is 0 Å². The molecule has 0 radical (unpaired) electrons. The van der Waals surface area contributed by atoms with Crippen molar-refractivity contribution >= 4 is 50.8 Å². The predicted molar refractivity (Wildman–Crippen MR) is 97.6 cm³/mol. The van der Waals surface area contributed by atoms with E-state index in [1.54, 1.807) is 6.92 Å². The highest BCUT2D eigenvalue weighted by molar-refractivity contribution is 7.90. The summed E-state index contributed by atoms with van der Waals surface area (Å²) in [6.07, 6.45) is 1.93. The Morgan fingerprint density at radius 3 is 2.31 bits per heavy atom. The first-order valence-corrected chi connectivity index (χ1v) is 9.13. The Labute approximate surface area is 155 Å². The number of benzene rings is 1. The van der Waals surface area contributed by atoms with Gasteiger partial charge in [0.05, 0.1) is 11.5 Å². The summed E-state index contributed by atoms with van der Waals surface area (Å²) in [5.41, 5.74) is 0.409. The van der Waals surface area contributed by atoms with Crippen LogP contribution < -0.4 is 15.4 Å². The van der Waals surface area contributed by atoms with Crippen LogP contribution in [0.25, 0.3) is 0 Å². The number of hydrogen-bond acceptors (Lipinski definition) is 7. The standard InChI is InChI=1S/C15H17N3O6S2/c1-3-24-14(21)9-8-13(20)17-15(25)16-11-4-6-12(7-5-11)26(22,23)18-10(2)19/h4-9H,3H2,1-2H3,(H,18,19)(H2,16,17,20,25)/b9-8+. The SMILES string of the molecule is CCOC(=O)/C=C/C(=O)NC(=S)Nc1ccc(S(=O)(=O)NC(C)=O)cc1. The van der Waals surface area contributed by atoms with E-state index in [0.717, 1.165) is 19.1 Å². The number of anilines is 1. The molecule has 0 heterocycles. The molecule has 26 heavy (non-hydrogen) atoms. The van der Waals surface area contributed by atoms with Gasteiger partial charge in [-0.25, -0.2) is 17.9 Å². The average Bonchev–Trinajstić information content (AvgIpc) is 2.52. The fourth-order valence-electron chi connectivity index (χ4n) is 1.62. The van der Waals surface area contributed by atoms with Crippen molar-refractivity contribution in [3.8, 4) is 0 Å². The molecule has 2 amide bonds. The Kier molecular flexibility index (Phi) is 7.87. The third kappa shape index (κ3) is 7.40. The van der Waals surface area contributed by atoms with Crippen molar-refractivity contribution in [3.05, 3.63) is 36.4 Å². The lowest BCUT2D eigenvalue weighted by atomic mass is 10.3. The molecule has 0 fully saturated rings. The van der Waals surface area contributed by atoms with Crippen molar-refractivity contribution < 1.29 is 27.5 Å². The maximum absolute atomic E-state index is 11.8. The molecule has 0 aliphatic rings. The van der Waals surface area contributed by atoms with Crippen LogP contribution in [0.15, 0.2) is 41.3 Å². The molecule has 0 atom stereocenters. The number of sulfonamides is 1. The smallest absolute Gasteiger partial charge is 0.330 e. The number of thiocarbonyl (C=S) groups is 1. The van der Waals surface area contributed by atoms with Crippen LogP contribution in [-0.2, 0) is 29.1 Å². The molecule has 0 saturated carbocycles. The molecule has 0 saturated heterocycles. The summed E-state index contributed by atoms with van der Waals surface area (Å²) in [4.78, 5) is 33.5. The highest BCUT2D eigenvalue weighted by atomic mass is 32.2. The first-order chi connectivity index (χ1) is 12.1. The van der Waals surface area contributed by atoms with Gasteiger partial charge in [0, 0.05) is 24.8 Å². The van der Waals surface area contributed by atoms with Crippen LogP contribution >= 0.6 is 12.2 Å². The van der Waals surface area contributed by atoms with Crippen LogP contribution in [0.1, 0.15) is 13.8 Å². The molecule has 0 spiro atoms. The van der Waals surface area contributed by atoms with Crippen molar-refractivity contribution in [1.29, 1.82) is 0 Å². The molecular formula is C15H17N3O6S2. The molecule has 0 aliphatic carbocycles. The van der Waals surface area contributed by atoms with Gasteiger partial charge in [-0.15, -0.1) is 0 Å². The minimum absolute atomic E-state index is 0.0547. The molecule has 9 nitrogen and oxygen atoms in total. The first kappa shape index (κ1) is 21.3. The molecule has 0 aromatic heterocycles. The van der Waals surface area contributed by atoms with Gasteiger partial charge in [-0.2, -0.15) is 0 Å². The molecule has 1 rings (SSSR count). The van der Waals surface area contributed by atoms with Gasteiger partial charge in [-0.1, -0.05) is 0 Å². The molecule has 140 valence electrons. The minimum atomic E-state index is -3.93. The van der Waals surface area contributed by atoms with Crippen molar-refractivity contribution in [3.63, 3.8) is 0 Å². The Morgan fingerprint density at radius 2 is 1.77 bits per heavy atom. The van der Waals surface area contributed by atoms with Crippen LogP contribution in [0.4, 0.5) is 5.69 Å². The van der Waals surface area contributed by atoms with E-state index in [0.29, 0.717) is 5.69 Å². The lowest BCUT2D eigenvalue weighted by Gasteiger charge is -2.09. The van der Waals surface area contributed by atoms with E-state index in [9.17, 15) is 22.8 Å². The van der Waals surface area contributed by atoms with E-state index in [1.807, 2.05) is 4.72 Å². The second-order valence-electron chi connectivity index (χ2n) is 4.71. The Morgan fingerprint density at radius 1 is 1.15 bits per heavy atom. The Bertz CT molecular complexity index is 831.